The van der Waals surface area contributed by atoms with Crippen LogP contribution in [0, 0.1) is 0 Å². The summed E-state index contributed by atoms with van der Waals surface area (Å²) in [6.07, 6.45) is 3.59. The Labute approximate surface area is 148 Å². The summed E-state index contributed by atoms with van der Waals surface area (Å²) < 4.78 is 10.3. The molecule has 0 aliphatic carbocycles. The summed E-state index contributed by atoms with van der Waals surface area (Å²) in [6, 6.07) is 3.86. The quantitative estimate of drug-likeness (QED) is 0.848. The molecular formula is C18H27N3O4. The number of hydrogen-bond donors (Lipinski definition) is 2. The van der Waals surface area contributed by atoms with E-state index >= 15 is 0 Å². The first-order chi connectivity index (χ1) is 12.1. The molecule has 0 aromatic heterocycles. The average molecular weight is 349 g/mol. The summed E-state index contributed by atoms with van der Waals surface area (Å²) >= 11 is 0. The van der Waals surface area contributed by atoms with Crippen LogP contribution in [0.4, 0.5) is 4.79 Å². The summed E-state index contributed by atoms with van der Waals surface area (Å²) in [6.45, 7) is 4.28. The van der Waals surface area contributed by atoms with Crippen molar-refractivity contribution in [3.05, 3.63) is 17.7 Å². The predicted molar refractivity (Wildman–Crippen MR) is 94.2 cm³/mol. The lowest BCUT2D eigenvalue weighted by atomic mass is 10.2. The van der Waals surface area contributed by atoms with Gasteiger partial charge in [0.2, 0.25) is 5.75 Å². The zero-order chi connectivity index (χ0) is 17.8. The van der Waals surface area contributed by atoms with Gasteiger partial charge in [-0.1, -0.05) is 0 Å². The van der Waals surface area contributed by atoms with E-state index in [1.165, 1.54) is 27.1 Å². The molecule has 7 heteroatoms. The number of phenolic OH excluding ortho intramolecular Hbond substituents is 1. The van der Waals surface area contributed by atoms with Gasteiger partial charge in [0.25, 0.3) is 0 Å². The fourth-order valence-corrected chi connectivity index (χ4v) is 3.67. The molecule has 2 fully saturated rings. The van der Waals surface area contributed by atoms with Crippen LogP contribution in [-0.2, 0) is 6.54 Å². The van der Waals surface area contributed by atoms with Crippen LogP contribution in [-0.4, -0.2) is 67.4 Å². The minimum absolute atomic E-state index is 0.0342. The molecule has 25 heavy (non-hydrogen) atoms. The van der Waals surface area contributed by atoms with Gasteiger partial charge in [0.05, 0.1) is 14.2 Å². The number of likely N-dealkylation sites (tertiary alicyclic amines) is 2. The van der Waals surface area contributed by atoms with E-state index in [-0.39, 0.29) is 11.8 Å². The summed E-state index contributed by atoms with van der Waals surface area (Å²) in [5, 5.41) is 12.9. The van der Waals surface area contributed by atoms with Crippen molar-refractivity contribution in [2.75, 3.05) is 40.4 Å². The van der Waals surface area contributed by atoms with Crippen molar-refractivity contribution in [3.63, 3.8) is 0 Å². The Bertz CT molecular complexity index is 591. The van der Waals surface area contributed by atoms with Gasteiger partial charge in [-0.15, -0.1) is 0 Å². The molecule has 2 heterocycles. The second-order valence-corrected chi connectivity index (χ2v) is 6.64. The number of nitrogens with zero attached hydrogens (tertiary/aromatic N) is 2. The topological polar surface area (TPSA) is 74.3 Å². The number of rotatable bonds is 5. The van der Waals surface area contributed by atoms with Crippen molar-refractivity contribution in [1.82, 2.24) is 15.1 Å². The number of nitrogens with one attached hydrogen (secondary N) is 1. The van der Waals surface area contributed by atoms with E-state index in [1.807, 2.05) is 4.90 Å². The lowest BCUT2D eigenvalue weighted by Crippen LogP contribution is -2.41. The summed E-state index contributed by atoms with van der Waals surface area (Å²) in [4.78, 5) is 16.8. The fraction of sp³-hybridized carbons (Fsp3) is 0.611. The van der Waals surface area contributed by atoms with Crippen molar-refractivity contribution in [2.24, 2.45) is 0 Å². The number of carbonyl (C=O) groups excluding carboxylic acids is 1. The number of phenols is 1. The monoisotopic (exact) mass is 349 g/mol. The van der Waals surface area contributed by atoms with E-state index in [0.29, 0.717) is 24.1 Å². The Morgan fingerprint density at radius 2 is 1.84 bits per heavy atom. The number of urea groups is 1. The number of amides is 2. The molecule has 0 spiro atoms. The Balaban J connectivity index is 1.55. The minimum Gasteiger partial charge on any atom is -0.502 e. The number of carbonyl (C=O) groups is 1. The maximum Gasteiger partial charge on any atom is 0.317 e. The highest BCUT2D eigenvalue weighted by Gasteiger charge is 2.31. The summed E-state index contributed by atoms with van der Waals surface area (Å²) in [7, 11) is 2.97. The maximum absolute atomic E-state index is 12.4. The predicted octanol–water partition coefficient (Wildman–Crippen LogP) is 1.79. The van der Waals surface area contributed by atoms with E-state index < -0.39 is 0 Å². The van der Waals surface area contributed by atoms with Gasteiger partial charge in [0.15, 0.2) is 11.5 Å². The number of benzene rings is 1. The number of hydrogen-bond acceptors (Lipinski definition) is 5. The van der Waals surface area contributed by atoms with Crippen molar-refractivity contribution in [1.29, 1.82) is 0 Å². The molecule has 0 bridgehead atoms. The lowest BCUT2D eigenvalue weighted by Gasteiger charge is -2.23. The average Bonchev–Trinajstić information content (AvgIpc) is 3.31. The van der Waals surface area contributed by atoms with Crippen LogP contribution in [0.3, 0.4) is 0 Å². The van der Waals surface area contributed by atoms with Gasteiger partial charge in [0, 0.05) is 25.7 Å². The molecule has 0 radical (unpaired) electrons. The van der Waals surface area contributed by atoms with E-state index in [2.05, 4.69) is 10.2 Å². The second-order valence-electron chi connectivity index (χ2n) is 6.64. The highest BCUT2D eigenvalue weighted by atomic mass is 16.5. The van der Waals surface area contributed by atoms with Gasteiger partial charge in [-0.3, -0.25) is 4.90 Å². The first-order valence-corrected chi connectivity index (χ1v) is 8.83. The third-order valence-corrected chi connectivity index (χ3v) is 5.09. The molecule has 0 saturated carbocycles. The molecule has 2 saturated heterocycles. The maximum atomic E-state index is 12.4. The van der Waals surface area contributed by atoms with Gasteiger partial charge in [-0.2, -0.15) is 0 Å². The third kappa shape index (κ3) is 3.92. The van der Waals surface area contributed by atoms with Gasteiger partial charge in [-0.25, -0.2) is 4.79 Å². The molecular weight excluding hydrogens is 322 g/mol. The van der Waals surface area contributed by atoms with Crippen LogP contribution in [0.1, 0.15) is 24.8 Å². The minimum atomic E-state index is -0.0484. The highest BCUT2D eigenvalue weighted by Crippen LogP contribution is 2.37. The van der Waals surface area contributed by atoms with E-state index in [4.69, 9.17) is 9.47 Å². The van der Waals surface area contributed by atoms with Gasteiger partial charge >= 0.3 is 6.03 Å². The van der Waals surface area contributed by atoms with Crippen LogP contribution >= 0.6 is 0 Å². The number of methoxy groups -OCH3 is 2. The third-order valence-electron chi connectivity index (χ3n) is 5.09. The van der Waals surface area contributed by atoms with E-state index in [0.717, 1.165) is 38.2 Å². The molecule has 2 N–H and O–H groups in total. The van der Waals surface area contributed by atoms with Crippen molar-refractivity contribution >= 4 is 6.03 Å². The SMILES string of the molecule is COc1cc(CNC(=O)N2CC[C@@H](N3CCCC3)C2)cc(OC)c1O. The summed E-state index contributed by atoms with van der Waals surface area (Å²) in [5.41, 5.74) is 0.815. The lowest BCUT2D eigenvalue weighted by molar-refractivity contribution is 0.198. The molecule has 0 unspecified atom stereocenters. The standard InChI is InChI=1S/C18H27N3O4/c1-24-15-9-13(10-16(25-2)17(15)22)11-19-18(23)21-8-5-14(12-21)20-6-3-4-7-20/h9-10,14,22H,3-8,11-12H2,1-2H3,(H,19,23)/t14-/m1/s1. The Morgan fingerprint density at radius 1 is 1.20 bits per heavy atom. The molecule has 3 rings (SSSR count). The zero-order valence-electron chi connectivity index (χ0n) is 15.0. The van der Waals surface area contributed by atoms with Crippen LogP contribution < -0.4 is 14.8 Å². The van der Waals surface area contributed by atoms with Crippen LogP contribution in [0.15, 0.2) is 12.1 Å². The molecule has 1 aromatic rings. The van der Waals surface area contributed by atoms with Gasteiger partial charge in [0.1, 0.15) is 0 Å². The molecule has 138 valence electrons. The Kier molecular flexibility index (Phi) is 5.53. The molecule has 2 aliphatic rings. The Hall–Kier alpha value is -2.15. The van der Waals surface area contributed by atoms with Crippen LogP contribution in [0.2, 0.25) is 0 Å². The molecule has 7 nitrogen and oxygen atoms in total. The van der Waals surface area contributed by atoms with Crippen molar-refractivity contribution in [2.45, 2.75) is 31.8 Å². The zero-order valence-corrected chi connectivity index (χ0v) is 15.0. The van der Waals surface area contributed by atoms with Gasteiger partial charge in [-0.05, 0) is 50.0 Å². The van der Waals surface area contributed by atoms with Crippen LogP contribution in [0.5, 0.6) is 17.2 Å². The highest BCUT2D eigenvalue weighted by molar-refractivity contribution is 5.74. The fourth-order valence-electron chi connectivity index (χ4n) is 3.67. The molecule has 1 aromatic carbocycles. The van der Waals surface area contributed by atoms with E-state index in [9.17, 15) is 9.90 Å². The Morgan fingerprint density at radius 3 is 2.44 bits per heavy atom. The van der Waals surface area contributed by atoms with Crippen LogP contribution in [0.25, 0.3) is 0 Å². The smallest absolute Gasteiger partial charge is 0.317 e. The summed E-state index contributed by atoms with van der Waals surface area (Å²) in [5.74, 6) is 0.630. The van der Waals surface area contributed by atoms with Crippen molar-refractivity contribution < 1.29 is 19.4 Å². The van der Waals surface area contributed by atoms with Crippen molar-refractivity contribution in [3.8, 4) is 17.2 Å². The first kappa shape index (κ1) is 17.7. The molecule has 2 amide bonds. The normalized spacial score (nSPS) is 20.7. The largest absolute Gasteiger partial charge is 0.502 e. The first-order valence-electron chi connectivity index (χ1n) is 8.83. The molecule has 1 atom stereocenters. The molecule has 2 aliphatic heterocycles. The number of aromatic hydroxyl groups is 1. The second kappa shape index (κ2) is 7.82. The number of ether oxygens (including phenoxy) is 2. The van der Waals surface area contributed by atoms with E-state index in [1.54, 1.807) is 12.1 Å². The van der Waals surface area contributed by atoms with Gasteiger partial charge < -0.3 is 24.8 Å².